The van der Waals surface area contributed by atoms with Gasteiger partial charge in [-0.2, -0.15) is 5.10 Å². The van der Waals surface area contributed by atoms with E-state index in [1.165, 1.54) is 19.1 Å². The second kappa shape index (κ2) is 10.3. The molecule has 81 valence electrons. The van der Waals surface area contributed by atoms with Crippen molar-refractivity contribution in [2.75, 3.05) is 0 Å². The maximum Gasteiger partial charge on any atom is 0.137 e. The molecule has 14 heavy (non-hydrogen) atoms. The number of hydrogen-bond donors (Lipinski definition) is 1. The van der Waals surface area contributed by atoms with Crippen molar-refractivity contribution in [1.29, 1.82) is 0 Å². The van der Waals surface area contributed by atoms with E-state index >= 15 is 0 Å². The normalized spacial score (nSPS) is 9.00. The Morgan fingerprint density at radius 1 is 1.36 bits per heavy atom. The third-order valence-corrected chi connectivity index (χ3v) is 2.02. The fraction of sp³-hybridized carbons (Fsp3) is 0.800. The van der Waals surface area contributed by atoms with E-state index in [0.717, 1.165) is 0 Å². The van der Waals surface area contributed by atoms with Crippen LogP contribution < -0.4 is 0 Å². The van der Waals surface area contributed by atoms with Crippen LogP contribution in [-0.2, 0) is 0 Å². The summed E-state index contributed by atoms with van der Waals surface area (Å²) < 4.78 is 0. The third-order valence-electron chi connectivity index (χ3n) is 2.02. The van der Waals surface area contributed by atoms with Gasteiger partial charge >= 0.3 is 0 Å². The Bertz CT molecular complexity index is 150. The van der Waals surface area contributed by atoms with Crippen LogP contribution in [-0.4, -0.2) is 22.5 Å². The lowest BCUT2D eigenvalue weighted by molar-refractivity contribution is 0.645. The van der Waals surface area contributed by atoms with Crippen LogP contribution in [0.25, 0.3) is 0 Å². The van der Waals surface area contributed by atoms with E-state index < -0.39 is 0 Å². The van der Waals surface area contributed by atoms with E-state index in [4.69, 9.17) is 0 Å². The van der Waals surface area contributed by atoms with Crippen molar-refractivity contribution in [3.05, 3.63) is 12.7 Å². The SMILES string of the molecule is CC.C[B]C(C)(C)CC.c1nc[nH]n1. The molecule has 0 saturated carbocycles. The van der Waals surface area contributed by atoms with Gasteiger partial charge in [0.05, 0.1) is 0 Å². The molecule has 0 bridgehead atoms. The van der Waals surface area contributed by atoms with Gasteiger partial charge in [0.25, 0.3) is 0 Å². The van der Waals surface area contributed by atoms with Gasteiger partial charge in [-0.3, -0.25) is 5.10 Å². The van der Waals surface area contributed by atoms with Crippen LogP contribution in [0.1, 0.15) is 41.0 Å². The topological polar surface area (TPSA) is 41.6 Å². The van der Waals surface area contributed by atoms with Crippen LogP contribution in [0.15, 0.2) is 12.7 Å². The number of hydrogen-bond acceptors (Lipinski definition) is 2. The quantitative estimate of drug-likeness (QED) is 0.738. The molecule has 0 spiro atoms. The minimum atomic E-state index is 0.458. The zero-order valence-corrected chi connectivity index (χ0v) is 10.3. The van der Waals surface area contributed by atoms with Crippen molar-refractivity contribution in [3.8, 4) is 0 Å². The molecule has 0 aromatic carbocycles. The van der Waals surface area contributed by atoms with E-state index in [9.17, 15) is 0 Å². The summed E-state index contributed by atoms with van der Waals surface area (Å²) in [4.78, 5) is 3.56. The summed E-state index contributed by atoms with van der Waals surface area (Å²) in [7, 11) is 2.24. The fourth-order valence-electron chi connectivity index (χ4n) is 0.371. The van der Waals surface area contributed by atoms with E-state index in [-0.39, 0.29) is 0 Å². The van der Waals surface area contributed by atoms with Gasteiger partial charge in [-0.05, 0) is 0 Å². The van der Waals surface area contributed by atoms with Crippen LogP contribution >= 0.6 is 0 Å². The molecule has 0 unspecified atom stereocenters. The number of nitrogens with one attached hydrogen (secondary N) is 1. The number of aromatic nitrogens is 3. The lowest BCUT2D eigenvalue weighted by Crippen LogP contribution is -2.06. The van der Waals surface area contributed by atoms with Gasteiger partial charge in [-0.1, -0.05) is 53.2 Å². The van der Waals surface area contributed by atoms with Gasteiger partial charge in [-0.25, -0.2) is 4.98 Å². The highest BCUT2D eigenvalue weighted by Crippen LogP contribution is 2.25. The summed E-state index contributed by atoms with van der Waals surface area (Å²) in [5.41, 5.74) is 0. The van der Waals surface area contributed by atoms with E-state index in [0.29, 0.717) is 5.31 Å². The second-order valence-corrected chi connectivity index (χ2v) is 3.28. The Labute approximate surface area is 89.0 Å². The molecule has 1 aromatic heterocycles. The summed E-state index contributed by atoms with van der Waals surface area (Å²) in [6.45, 7) is 12.8. The van der Waals surface area contributed by atoms with Gasteiger partial charge in [0.15, 0.2) is 0 Å². The van der Waals surface area contributed by atoms with Gasteiger partial charge in [-0.15, -0.1) is 0 Å². The molecular formula is C10H23BN3. The second-order valence-electron chi connectivity index (χ2n) is 3.28. The largest absolute Gasteiger partial charge is 0.266 e. The van der Waals surface area contributed by atoms with Crippen molar-refractivity contribution in [2.45, 2.75) is 53.2 Å². The third kappa shape index (κ3) is 11.2. The molecule has 1 radical (unpaired) electrons. The molecule has 0 amide bonds. The lowest BCUT2D eigenvalue weighted by Gasteiger charge is -2.17. The summed E-state index contributed by atoms with van der Waals surface area (Å²) in [5, 5.41) is 6.44. The van der Waals surface area contributed by atoms with Crippen molar-refractivity contribution < 1.29 is 0 Å². The number of aromatic amines is 1. The zero-order chi connectivity index (χ0) is 11.4. The Morgan fingerprint density at radius 3 is 2.00 bits per heavy atom. The van der Waals surface area contributed by atoms with Gasteiger partial charge in [0, 0.05) is 0 Å². The molecule has 0 saturated heterocycles. The highest BCUT2D eigenvalue weighted by Gasteiger charge is 2.10. The van der Waals surface area contributed by atoms with Crippen molar-refractivity contribution in [3.63, 3.8) is 0 Å². The standard InChI is InChI=1S/C6H14B.C2H3N3.C2H6/c1-5-6(2,3)7-4;1-3-2-5-4-1;1-2/h5H2,1-4H3;1-2H,(H,3,4,5);1-2H3. The average molecular weight is 196 g/mol. The molecule has 1 heterocycles. The number of nitrogens with zero attached hydrogens (tertiary/aromatic N) is 2. The molecule has 4 heteroatoms. The van der Waals surface area contributed by atoms with E-state index in [1.54, 1.807) is 0 Å². The molecule has 0 fully saturated rings. The first-order valence-electron chi connectivity index (χ1n) is 5.21. The summed E-state index contributed by atoms with van der Waals surface area (Å²) in [5.74, 6) is 0. The summed E-state index contributed by atoms with van der Waals surface area (Å²) in [6.07, 6.45) is 4.20. The lowest BCUT2D eigenvalue weighted by atomic mass is 9.55. The van der Waals surface area contributed by atoms with Gasteiger partial charge < -0.3 is 0 Å². The van der Waals surface area contributed by atoms with Crippen LogP contribution in [0.2, 0.25) is 12.1 Å². The Balaban J connectivity index is 0. The van der Waals surface area contributed by atoms with Crippen LogP contribution in [0, 0.1) is 0 Å². The molecule has 0 aliphatic heterocycles. The predicted octanol–water partition coefficient (Wildman–Crippen LogP) is 3.18. The van der Waals surface area contributed by atoms with Crippen LogP contribution in [0.5, 0.6) is 0 Å². The number of H-pyrrole nitrogens is 1. The van der Waals surface area contributed by atoms with Gasteiger partial charge in [0.1, 0.15) is 19.9 Å². The molecule has 1 N–H and O–H groups in total. The fourth-order valence-corrected chi connectivity index (χ4v) is 0.371. The Morgan fingerprint density at radius 2 is 1.93 bits per heavy atom. The first kappa shape index (κ1) is 15.7. The zero-order valence-electron chi connectivity index (χ0n) is 10.3. The highest BCUT2D eigenvalue weighted by atomic mass is 15.2. The molecule has 0 aliphatic carbocycles. The molecule has 0 atom stereocenters. The van der Waals surface area contributed by atoms with Crippen molar-refractivity contribution in [2.24, 2.45) is 0 Å². The smallest absolute Gasteiger partial charge is 0.137 e. The Hall–Kier alpha value is -0.795. The van der Waals surface area contributed by atoms with Crippen molar-refractivity contribution in [1.82, 2.24) is 15.2 Å². The van der Waals surface area contributed by atoms with Gasteiger partial charge in [0.2, 0.25) is 0 Å². The first-order chi connectivity index (χ1) is 6.62. The Kier molecular flexibility index (Phi) is 11.5. The van der Waals surface area contributed by atoms with E-state index in [2.05, 4.69) is 50.1 Å². The molecule has 1 aromatic rings. The monoisotopic (exact) mass is 196 g/mol. The average Bonchev–Trinajstić information content (AvgIpc) is 2.79. The minimum absolute atomic E-state index is 0.458. The van der Waals surface area contributed by atoms with Crippen molar-refractivity contribution >= 4 is 7.28 Å². The van der Waals surface area contributed by atoms with Crippen LogP contribution in [0.4, 0.5) is 0 Å². The summed E-state index contributed by atoms with van der Waals surface area (Å²) >= 11 is 0. The predicted molar refractivity (Wildman–Crippen MR) is 63.7 cm³/mol. The first-order valence-corrected chi connectivity index (χ1v) is 5.21. The van der Waals surface area contributed by atoms with Crippen LogP contribution in [0.3, 0.4) is 0 Å². The maximum atomic E-state index is 3.56. The minimum Gasteiger partial charge on any atom is -0.266 e. The molecule has 0 aliphatic rings. The highest BCUT2D eigenvalue weighted by molar-refractivity contribution is 6.37. The van der Waals surface area contributed by atoms with E-state index in [1.807, 2.05) is 13.8 Å². The molecule has 1 rings (SSSR count). The maximum absolute atomic E-state index is 3.56. The summed E-state index contributed by atoms with van der Waals surface area (Å²) in [6, 6.07) is 0. The number of rotatable bonds is 2. The molecule has 3 nitrogen and oxygen atoms in total. The molecular weight excluding hydrogens is 173 g/mol.